The lowest BCUT2D eigenvalue weighted by molar-refractivity contribution is 0.0671. The first-order valence-electron chi connectivity index (χ1n) is 11.0. The van der Waals surface area contributed by atoms with E-state index in [1.165, 1.54) is 11.1 Å². The number of fused-ring (bicyclic) bond motifs is 1. The third-order valence-electron chi connectivity index (χ3n) is 5.87. The molecule has 0 spiro atoms. The molecule has 0 bridgehead atoms. The van der Waals surface area contributed by atoms with E-state index in [0.29, 0.717) is 6.04 Å². The Morgan fingerprint density at radius 3 is 2.65 bits per heavy atom. The van der Waals surface area contributed by atoms with Gasteiger partial charge in [0, 0.05) is 51.0 Å². The molecule has 2 unspecified atom stereocenters. The van der Waals surface area contributed by atoms with Crippen molar-refractivity contribution < 1.29 is 5.11 Å². The van der Waals surface area contributed by atoms with Gasteiger partial charge < -0.3 is 15.7 Å². The fraction of sp³-hybridized carbons (Fsp3) is 0.565. The zero-order valence-electron chi connectivity index (χ0n) is 19.1. The quantitative estimate of drug-likeness (QED) is 0.273. The molecule has 0 saturated carbocycles. The van der Waals surface area contributed by atoms with Gasteiger partial charge in [-0.1, -0.05) is 31.2 Å². The molecule has 0 saturated heterocycles. The van der Waals surface area contributed by atoms with Gasteiger partial charge in [-0.3, -0.25) is 9.58 Å². The summed E-state index contributed by atoms with van der Waals surface area (Å²) in [4.78, 5) is 7.21. The lowest BCUT2D eigenvalue weighted by Crippen LogP contribution is -2.48. The monoisotopic (exact) mass is 540 g/mol. The van der Waals surface area contributed by atoms with Crippen LogP contribution < -0.4 is 10.6 Å². The molecule has 8 heteroatoms. The minimum Gasteiger partial charge on any atom is -0.383 e. The largest absolute Gasteiger partial charge is 0.383 e. The molecule has 3 rings (SSSR count). The van der Waals surface area contributed by atoms with Crippen LogP contribution in [0.3, 0.4) is 0 Å². The molecule has 1 aromatic heterocycles. The highest BCUT2D eigenvalue weighted by Crippen LogP contribution is 2.21. The van der Waals surface area contributed by atoms with Gasteiger partial charge >= 0.3 is 0 Å². The number of rotatable bonds is 8. The second-order valence-electron chi connectivity index (χ2n) is 8.30. The second-order valence-corrected chi connectivity index (χ2v) is 8.30. The van der Waals surface area contributed by atoms with Crippen LogP contribution in [-0.4, -0.2) is 58.0 Å². The Morgan fingerprint density at radius 1 is 1.26 bits per heavy atom. The summed E-state index contributed by atoms with van der Waals surface area (Å²) < 4.78 is 1.69. The number of nitrogens with one attached hydrogen (secondary N) is 2. The number of hydrogen-bond acceptors (Lipinski definition) is 4. The smallest absolute Gasteiger partial charge is 0.191 e. The van der Waals surface area contributed by atoms with E-state index in [2.05, 4.69) is 63.7 Å². The Bertz CT molecular complexity index is 850. The van der Waals surface area contributed by atoms with Crippen molar-refractivity contribution in [2.24, 2.45) is 12.0 Å². The van der Waals surface area contributed by atoms with Crippen LogP contribution in [0.15, 0.2) is 41.7 Å². The van der Waals surface area contributed by atoms with Crippen molar-refractivity contribution in [3.05, 3.63) is 53.3 Å². The van der Waals surface area contributed by atoms with Crippen molar-refractivity contribution in [2.75, 3.05) is 26.2 Å². The van der Waals surface area contributed by atoms with Crippen molar-refractivity contribution in [1.82, 2.24) is 25.3 Å². The highest BCUT2D eigenvalue weighted by molar-refractivity contribution is 14.0. The number of benzene rings is 1. The van der Waals surface area contributed by atoms with E-state index in [-0.39, 0.29) is 30.5 Å². The first-order valence-corrected chi connectivity index (χ1v) is 11.0. The summed E-state index contributed by atoms with van der Waals surface area (Å²) in [5.41, 5.74) is 2.62. The van der Waals surface area contributed by atoms with Gasteiger partial charge in [-0.2, -0.15) is 5.10 Å². The van der Waals surface area contributed by atoms with E-state index in [4.69, 9.17) is 0 Å². The normalized spacial score (nSPS) is 17.3. The Morgan fingerprint density at radius 2 is 2.00 bits per heavy atom. The first-order chi connectivity index (χ1) is 14.4. The number of aromatic nitrogens is 2. The molecule has 0 aliphatic carbocycles. The van der Waals surface area contributed by atoms with Crippen LogP contribution in [0.25, 0.3) is 0 Å². The SMILES string of the molecule is CCNC(=NCC(C)(O)c1cnn(C)c1)NCC(CC)N1CCc2ccccc2C1.I. The molecule has 1 aliphatic rings. The predicted molar refractivity (Wildman–Crippen MR) is 137 cm³/mol. The molecule has 0 amide bonds. The van der Waals surface area contributed by atoms with Gasteiger partial charge in [0.2, 0.25) is 0 Å². The highest BCUT2D eigenvalue weighted by Gasteiger charge is 2.25. The lowest BCUT2D eigenvalue weighted by Gasteiger charge is -2.35. The van der Waals surface area contributed by atoms with Gasteiger partial charge in [0.25, 0.3) is 0 Å². The zero-order chi connectivity index (χ0) is 21.6. The van der Waals surface area contributed by atoms with Crippen LogP contribution in [0.4, 0.5) is 0 Å². The molecular weight excluding hydrogens is 503 g/mol. The summed E-state index contributed by atoms with van der Waals surface area (Å²) in [5.74, 6) is 0.734. The number of aliphatic hydroxyl groups is 1. The maximum absolute atomic E-state index is 10.8. The van der Waals surface area contributed by atoms with Gasteiger partial charge in [0.1, 0.15) is 5.60 Å². The molecule has 31 heavy (non-hydrogen) atoms. The summed E-state index contributed by atoms with van der Waals surface area (Å²) >= 11 is 0. The molecule has 3 N–H and O–H groups in total. The van der Waals surface area contributed by atoms with E-state index in [0.717, 1.165) is 50.5 Å². The van der Waals surface area contributed by atoms with Gasteiger partial charge in [0.15, 0.2) is 5.96 Å². The molecule has 2 aromatic rings. The van der Waals surface area contributed by atoms with Crippen molar-refractivity contribution in [3.63, 3.8) is 0 Å². The number of hydrogen-bond donors (Lipinski definition) is 3. The minimum atomic E-state index is -1.06. The van der Waals surface area contributed by atoms with Gasteiger partial charge in [-0.05, 0) is 37.8 Å². The third kappa shape index (κ3) is 6.92. The van der Waals surface area contributed by atoms with Crippen molar-refractivity contribution in [2.45, 2.75) is 51.8 Å². The van der Waals surface area contributed by atoms with E-state index in [1.807, 2.05) is 13.2 Å². The molecule has 172 valence electrons. The molecule has 0 fully saturated rings. The molecule has 1 aromatic carbocycles. The number of guanidine groups is 1. The molecule has 2 atom stereocenters. The highest BCUT2D eigenvalue weighted by atomic mass is 127. The zero-order valence-corrected chi connectivity index (χ0v) is 21.5. The first kappa shape index (κ1) is 25.6. The standard InChI is InChI=1S/C23H36N6O.HI/c1-5-21(29-12-11-18-9-7-8-10-19(18)15-29)14-25-22(24-6-2)26-17-23(3,30)20-13-27-28(4)16-20;/h7-10,13,16,21,30H,5-6,11-12,14-15,17H2,1-4H3,(H2,24,25,26);1H. The minimum absolute atomic E-state index is 0. The Labute approximate surface area is 203 Å². The van der Waals surface area contributed by atoms with Crippen LogP contribution in [0.1, 0.15) is 43.9 Å². The van der Waals surface area contributed by atoms with Crippen molar-refractivity contribution in [1.29, 1.82) is 0 Å². The molecule has 2 heterocycles. The third-order valence-corrected chi connectivity index (χ3v) is 5.87. The van der Waals surface area contributed by atoms with Gasteiger partial charge in [0.05, 0.1) is 12.7 Å². The van der Waals surface area contributed by atoms with E-state index in [1.54, 1.807) is 17.8 Å². The summed E-state index contributed by atoms with van der Waals surface area (Å²) in [7, 11) is 1.85. The van der Waals surface area contributed by atoms with Gasteiger partial charge in [-0.25, -0.2) is 4.99 Å². The number of aliphatic imine (C=N–C) groups is 1. The second kappa shape index (κ2) is 11.8. The summed E-state index contributed by atoms with van der Waals surface area (Å²) in [5, 5.41) is 21.8. The van der Waals surface area contributed by atoms with E-state index >= 15 is 0 Å². The molecule has 7 nitrogen and oxygen atoms in total. The fourth-order valence-electron chi connectivity index (χ4n) is 3.94. The summed E-state index contributed by atoms with van der Waals surface area (Å²) in [6.45, 7) is 10.0. The van der Waals surface area contributed by atoms with Gasteiger partial charge in [-0.15, -0.1) is 24.0 Å². The van der Waals surface area contributed by atoms with Crippen LogP contribution in [0.2, 0.25) is 0 Å². The molecule has 0 radical (unpaired) electrons. The van der Waals surface area contributed by atoms with E-state index < -0.39 is 5.60 Å². The van der Waals surface area contributed by atoms with Crippen LogP contribution in [0, 0.1) is 0 Å². The topological polar surface area (TPSA) is 77.7 Å². The van der Waals surface area contributed by atoms with Crippen LogP contribution >= 0.6 is 24.0 Å². The van der Waals surface area contributed by atoms with Crippen molar-refractivity contribution >= 4 is 29.9 Å². The number of nitrogens with zero attached hydrogens (tertiary/aromatic N) is 4. The number of aryl methyl sites for hydroxylation is 1. The van der Waals surface area contributed by atoms with Crippen molar-refractivity contribution in [3.8, 4) is 0 Å². The maximum atomic E-state index is 10.8. The fourth-order valence-corrected chi connectivity index (χ4v) is 3.94. The predicted octanol–water partition coefficient (Wildman–Crippen LogP) is 2.64. The molecular formula is C23H37IN6O. The Kier molecular flexibility index (Phi) is 9.77. The summed E-state index contributed by atoms with van der Waals surface area (Å²) in [6, 6.07) is 9.18. The molecule has 1 aliphatic heterocycles. The Hall–Kier alpha value is -1.65. The lowest BCUT2D eigenvalue weighted by atomic mass is 9.98. The average molecular weight is 540 g/mol. The summed E-state index contributed by atoms with van der Waals surface area (Å²) in [6.07, 6.45) is 5.70. The van der Waals surface area contributed by atoms with E-state index in [9.17, 15) is 5.11 Å². The van der Waals surface area contributed by atoms with Crippen LogP contribution in [0.5, 0.6) is 0 Å². The van der Waals surface area contributed by atoms with Crippen LogP contribution in [-0.2, 0) is 25.6 Å². The average Bonchev–Trinajstić information content (AvgIpc) is 3.19. The number of halogens is 1. The Balaban J connectivity index is 0.00000341. The maximum Gasteiger partial charge on any atom is 0.191 e.